The zero-order chi connectivity index (χ0) is 18.7. The Morgan fingerprint density at radius 1 is 1.31 bits per heavy atom. The second kappa shape index (κ2) is 7.40. The molecule has 0 aliphatic carbocycles. The van der Waals surface area contributed by atoms with E-state index in [1.54, 1.807) is 30.1 Å². The standard InChI is InChI=1S/C17H16ClN5O3/c1-11(23-15(17(25)26)5-6-19-23)16(24)21-14-4-2-3-12(7-14)9-22-10-13(18)8-20-22/h2-8,10-11H,9H2,1H3,(H,21,24)(H,25,26). The second-order valence-electron chi connectivity index (χ2n) is 5.69. The summed E-state index contributed by atoms with van der Waals surface area (Å²) in [5, 5.41) is 20.5. The molecule has 1 atom stereocenters. The molecule has 2 N–H and O–H groups in total. The van der Waals surface area contributed by atoms with Gasteiger partial charge in [0.25, 0.3) is 0 Å². The van der Waals surface area contributed by atoms with Crippen LogP contribution in [0.4, 0.5) is 5.69 Å². The Hall–Kier alpha value is -3.13. The SMILES string of the molecule is CC(C(=O)Nc1cccc(Cn2cc(Cl)cn2)c1)n1nccc1C(=O)O. The van der Waals surface area contributed by atoms with Crippen LogP contribution in [0.25, 0.3) is 0 Å². The highest BCUT2D eigenvalue weighted by atomic mass is 35.5. The predicted molar refractivity (Wildman–Crippen MR) is 95.3 cm³/mol. The minimum atomic E-state index is -1.14. The molecule has 3 aromatic rings. The Labute approximate surface area is 154 Å². The summed E-state index contributed by atoms with van der Waals surface area (Å²) in [6.07, 6.45) is 4.61. The fraction of sp³-hybridized carbons (Fsp3) is 0.176. The van der Waals surface area contributed by atoms with Gasteiger partial charge < -0.3 is 10.4 Å². The summed E-state index contributed by atoms with van der Waals surface area (Å²) >= 11 is 5.86. The van der Waals surface area contributed by atoms with Crippen molar-refractivity contribution in [2.75, 3.05) is 5.32 Å². The van der Waals surface area contributed by atoms with Crippen LogP contribution >= 0.6 is 11.6 Å². The molecule has 26 heavy (non-hydrogen) atoms. The smallest absolute Gasteiger partial charge is 0.354 e. The predicted octanol–water partition coefficient (Wildman–Crippen LogP) is 2.68. The van der Waals surface area contributed by atoms with Crippen LogP contribution < -0.4 is 5.32 Å². The molecule has 134 valence electrons. The van der Waals surface area contributed by atoms with Gasteiger partial charge in [-0.1, -0.05) is 23.7 Å². The molecule has 1 amide bonds. The van der Waals surface area contributed by atoms with Crippen LogP contribution in [0.3, 0.4) is 0 Å². The van der Waals surface area contributed by atoms with E-state index in [1.807, 2.05) is 18.2 Å². The number of benzene rings is 1. The van der Waals surface area contributed by atoms with Crippen molar-refractivity contribution >= 4 is 29.2 Å². The highest BCUT2D eigenvalue weighted by Gasteiger charge is 2.21. The third-order valence-corrected chi connectivity index (χ3v) is 3.97. The Kier molecular flexibility index (Phi) is 5.04. The maximum absolute atomic E-state index is 12.5. The quantitative estimate of drug-likeness (QED) is 0.691. The zero-order valence-corrected chi connectivity index (χ0v) is 14.6. The third kappa shape index (κ3) is 3.92. The summed E-state index contributed by atoms with van der Waals surface area (Å²) < 4.78 is 2.86. The molecule has 0 bridgehead atoms. The van der Waals surface area contributed by atoms with Gasteiger partial charge in [-0.05, 0) is 30.7 Å². The number of carbonyl (C=O) groups is 2. The molecule has 0 saturated heterocycles. The first-order chi connectivity index (χ1) is 12.4. The number of aromatic nitrogens is 4. The summed E-state index contributed by atoms with van der Waals surface area (Å²) in [6.45, 7) is 2.10. The number of aromatic carboxylic acids is 1. The number of anilines is 1. The Morgan fingerprint density at radius 3 is 2.81 bits per heavy atom. The molecule has 9 heteroatoms. The van der Waals surface area contributed by atoms with Crippen LogP contribution in [0.2, 0.25) is 5.02 Å². The molecule has 0 spiro atoms. The summed E-state index contributed by atoms with van der Waals surface area (Å²) in [4.78, 5) is 23.6. The summed E-state index contributed by atoms with van der Waals surface area (Å²) in [7, 11) is 0. The maximum atomic E-state index is 12.5. The largest absolute Gasteiger partial charge is 0.477 e. The van der Waals surface area contributed by atoms with Gasteiger partial charge in [-0.2, -0.15) is 10.2 Å². The number of carboxylic acids is 1. The molecule has 8 nitrogen and oxygen atoms in total. The van der Waals surface area contributed by atoms with E-state index in [-0.39, 0.29) is 11.6 Å². The average Bonchev–Trinajstić information content (AvgIpc) is 3.23. The first kappa shape index (κ1) is 17.7. The van der Waals surface area contributed by atoms with Gasteiger partial charge in [-0.25, -0.2) is 9.48 Å². The van der Waals surface area contributed by atoms with E-state index in [4.69, 9.17) is 16.7 Å². The number of halogens is 1. The highest BCUT2D eigenvalue weighted by molar-refractivity contribution is 6.30. The van der Waals surface area contributed by atoms with Crippen molar-refractivity contribution in [3.05, 3.63) is 65.2 Å². The number of carboxylic acid groups (broad SMARTS) is 1. The molecule has 0 saturated carbocycles. The molecule has 0 radical (unpaired) electrons. The number of amides is 1. The van der Waals surface area contributed by atoms with Gasteiger partial charge in [0.2, 0.25) is 5.91 Å². The fourth-order valence-corrected chi connectivity index (χ4v) is 2.67. The number of hydrogen-bond acceptors (Lipinski definition) is 4. The highest BCUT2D eigenvalue weighted by Crippen LogP contribution is 2.16. The van der Waals surface area contributed by atoms with Crippen LogP contribution in [0.5, 0.6) is 0 Å². The van der Waals surface area contributed by atoms with Crippen LogP contribution in [-0.2, 0) is 11.3 Å². The van der Waals surface area contributed by atoms with Crippen molar-refractivity contribution in [2.45, 2.75) is 19.5 Å². The van der Waals surface area contributed by atoms with Gasteiger partial charge in [-0.3, -0.25) is 9.48 Å². The summed E-state index contributed by atoms with van der Waals surface area (Å²) in [5.41, 5.74) is 1.49. The Bertz CT molecular complexity index is 949. The van der Waals surface area contributed by atoms with Crippen molar-refractivity contribution in [3.63, 3.8) is 0 Å². The molecule has 0 aliphatic rings. The van der Waals surface area contributed by atoms with Gasteiger partial charge >= 0.3 is 5.97 Å². The van der Waals surface area contributed by atoms with E-state index in [9.17, 15) is 9.59 Å². The lowest BCUT2D eigenvalue weighted by atomic mass is 10.2. The second-order valence-corrected chi connectivity index (χ2v) is 6.12. The lowest BCUT2D eigenvalue weighted by Gasteiger charge is -2.15. The van der Waals surface area contributed by atoms with E-state index in [1.165, 1.54) is 16.9 Å². The van der Waals surface area contributed by atoms with Crippen molar-refractivity contribution in [3.8, 4) is 0 Å². The van der Waals surface area contributed by atoms with E-state index in [0.717, 1.165) is 5.56 Å². The number of nitrogens with one attached hydrogen (secondary N) is 1. The molecule has 1 unspecified atom stereocenters. The van der Waals surface area contributed by atoms with Crippen molar-refractivity contribution in [1.29, 1.82) is 0 Å². The molecule has 3 rings (SSSR count). The fourth-order valence-electron chi connectivity index (χ4n) is 2.51. The monoisotopic (exact) mass is 373 g/mol. The minimum Gasteiger partial charge on any atom is -0.477 e. The van der Waals surface area contributed by atoms with Gasteiger partial charge in [-0.15, -0.1) is 0 Å². The molecule has 2 heterocycles. The zero-order valence-electron chi connectivity index (χ0n) is 13.8. The molecular formula is C17H16ClN5O3. The first-order valence-electron chi connectivity index (χ1n) is 7.78. The molecule has 1 aromatic carbocycles. The molecule has 0 fully saturated rings. The number of hydrogen-bond donors (Lipinski definition) is 2. The lowest BCUT2D eigenvalue weighted by molar-refractivity contribution is -0.119. The summed E-state index contributed by atoms with van der Waals surface area (Å²) in [6, 6.07) is 7.88. The van der Waals surface area contributed by atoms with Crippen LogP contribution in [0.1, 0.15) is 29.0 Å². The van der Waals surface area contributed by atoms with Gasteiger partial charge in [0, 0.05) is 18.1 Å². The Balaban J connectivity index is 1.72. The number of nitrogens with zero attached hydrogens (tertiary/aromatic N) is 4. The van der Waals surface area contributed by atoms with Gasteiger partial charge in [0.05, 0.1) is 17.8 Å². The van der Waals surface area contributed by atoms with Gasteiger partial charge in [0.15, 0.2) is 0 Å². The van der Waals surface area contributed by atoms with Crippen molar-refractivity contribution in [2.24, 2.45) is 0 Å². The number of carbonyl (C=O) groups excluding carboxylic acids is 1. The lowest BCUT2D eigenvalue weighted by Crippen LogP contribution is -2.26. The van der Waals surface area contributed by atoms with Crippen molar-refractivity contribution < 1.29 is 14.7 Å². The topological polar surface area (TPSA) is 102 Å². The van der Waals surface area contributed by atoms with Crippen LogP contribution in [0.15, 0.2) is 48.9 Å². The van der Waals surface area contributed by atoms with Gasteiger partial charge in [0.1, 0.15) is 11.7 Å². The first-order valence-corrected chi connectivity index (χ1v) is 8.16. The third-order valence-electron chi connectivity index (χ3n) is 3.78. The van der Waals surface area contributed by atoms with E-state index >= 15 is 0 Å². The maximum Gasteiger partial charge on any atom is 0.354 e. The molecule has 0 aliphatic heterocycles. The average molecular weight is 374 g/mol. The Morgan fingerprint density at radius 2 is 2.12 bits per heavy atom. The number of rotatable bonds is 6. The summed E-state index contributed by atoms with van der Waals surface area (Å²) in [5.74, 6) is -1.50. The molecule has 2 aromatic heterocycles. The minimum absolute atomic E-state index is 0.0445. The van der Waals surface area contributed by atoms with E-state index in [0.29, 0.717) is 17.3 Å². The normalized spacial score (nSPS) is 11.9. The van der Waals surface area contributed by atoms with Crippen molar-refractivity contribution in [1.82, 2.24) is 19.6 Å². The van der Waals surface area contributed by atoms with Crippen LogP contribution in [-0.4, -0.2) is 36.5 Å². The molecular weight excluding hydrogens is 358 g/mol. The van der Waals surface area contributed by atoms with Crippen LogP contribution in [0, 0.1) is 0 Å². The van der Waals surface area contributed by atoms with E-state index in [2.05, 4.69) is 15.5 Å². The van der Waals surface area contributed by atoms with E-state index < -0.39 is 12.0 Å².